The maximum atomic E-state index is 11.3. The van der Waals surface area contributed by atoms with E-state index in [1.807, 2.05) is 44.2 Å². The first-order valence-electron chi connectivity index (χ1n) is 10.2. The minimum absolute atomic E-state index is 0.850. The van der Waals surface area contributed by atoms with Crippen LogP contribution in [-0.2, 0) is 5.60 Å². The van der Waals surface area contributed by atoms with Gasteiger partial charge in [-0.1, -0.05) is 60.7 Å². The molecule has 2 N–H and O–H groups in total. The van der Waals surface area contributed by atoms with Crippen LogP contribution in [0, 0.1) is 0 Å². The first-order chi connectivity index (χ1) is 14.5. The molecule has 0 aliphatic rings. The molecule has 0 aliphatic carbocycles. The van der Waals surface area contributed by atoms with Gasteiger partial charge in [-0.25, -0.2) is 0 Å². The number of rotatable bonds is 2. The van der Waals surface area contributed by atoms with Gasteiger partial charge in [0.25, 0.3) is 0 Å². The van der Waals surface area contributed by atoms with Gasteiger partial charge in [-0.15, -0.1) is 0 Å². The maximum Gasteiger partial charge on any atom is 0.143 e. The van der Waals surface area contributed by atoms with Crippen LogP contribution in [0.25, 0.3) is 54.9 Å². The summed E-state index contributed by atoms with van der Waals surface area (Å²) in [4.78, 5) is 3.49. The molecule has 2 aromatic heterocycles. The van der Waals surface area contributed by atoms with E-state index in [4.69, 9.17) is 4.42 Å². The Bertz CT molecular complexity index is 1580. The van der Waals surface area contributed by atoms with Gasteiger partial charge in [-0.3, -0.25) is 0 Å². The highest BCUT2D eigenvalue weighted by Gasteiger charge is 2.27. The van der Waals surface area contributed by atoms with Gasteiger partial charge in [0, 0.05) is 43.7 Å². The van der Waals surface area contributed by atoms with Gasteiger partial charge in [0.2, 0.25) is 0 Å². The lowest BCUT2D eigenvalue weighted by molar-refractivity contribution is 0.0808. The van der Waals surface area contributed by atoms with Crippen molar-refractivity contribution in [3.05, 3.63) is 84.4 Å². The molecule has 0 bridgehead atoms. The number of H-pyrrole nitrogens is 1. The highest BCUT2D eigenvalue weighted by Crippen LogP contribution is 2.43. The largest absolute Gasteiger partial charge is 0.455 e. The predicted octanol–water partition coefficient (Wildman–Crippen LogP) is 7.11. The van der Waals surface area contributed by atoms with E-state index in [1.165, 1.54) is 0 Å². The standard InChI is InChI=1S/C27H21NO2/c1-27(2,29)25-17(14-15-22-24(25)20-9-3-5-12-21(20)28-22)19-11-7-10-18-16-8-4-6-13-23(16)30-26(18)19/h3-15,28-29H,1-2H3. The fraction of sp³-hybridized carbons (Fsp3) is 0.111. The van der Waals surface area contributed by atoms with Crippen molar-refractivity contribution >= 4 is 43.7 Å². The number of aromatic amines is 1. The van der Waals surface area contributed by atoms with Gasteiger partial charge in [-0.05, 0) is 37.6 Å². The number of hydrogen-bond donors (Lipinski definition) is 2. The highest BCUT2D eigenvalue weighted by molar-refractivity contribution is 6.14. The number of para-hydroxylation sites is 3. The molecule has 0 radical (unpaired) electrons. The molecule has 6 rings (SSSR count). The zero-order valence-electron chi connectivity index (χ0n) is 16.9. The molecule has 146 valence electrons. The zero-order chi connectivity index (χ0) is 20.5. The van der Waals surface area contributed by atoms with Gasteiger partial charge in [0.1, 0.15) is 11.2 Å². The summed E-state index contributed by atoms with van der Waals surface area (Å²) in [5, 5.41) is 15.6. The van der Waals surface area contributed by atoms with E-state index in [0.717, 1.165) is 60.4 Å². The molecule has 0 saturated carbocycles. The number of furan rings is 1. The second-order valence-electron chi connectivity index (χ2n) is 8.42. The quantitative estimate of drug-likeness (QED) is 0.330. The maximum absolute atomic E-state index is 11.3. The van der Waals surface area contributed by atoms with Crippen molar-refractivity contribution in [2.45, 2.75) is 19.4 Å². The number of nitrogens with one attached hydrogen (secondary N) is 1. The summed E-state index contributed by atoms with van der Waals surface area (Å²) in [6.07, 6.45) is 0. The summed E-state index contributed by atoms with van der Waals surface area (Å²) in [6.45, 7) is 3.71. The molecule has 0 spiro atoms. The lowest BCUT2D eigenvalue weighted by Gasteiger charge is -2.23. The van der Waals surface area contributed by atoms with Gasteiger partial charge < -0.3 is 14.5 Å². The van der Waals surface area contributed by atoms with Crippen LogP contribution in [0.15, 0.2) is 83.3 Å². The van der Waals surface area contributed by atoms with Crippen LogP contribution < -0.4 is 0 Å². The van der Waals surface area contributed by atoms with E-state index in [-0.39, 0.29) is 0 Å². The molecule has 2 heterocycles. The Kier molecular flexibility index (Phi) is 3.45. The molecule has 6 aromatic rings. The number of aliphatic hydroxyl groups is 1. The van der Waals surface area contributed by atoms with Crippen molar-refractivity contribution in [3.63, 3.8) is 0 Å². The third-order valence-electron chi connectivity index (χ3n) is 5.98. The van der Waals surface area contributed by atoms with Gasteiger partial charge >= 0.3 is 0 Å². The molecule has 30 heavy (non-hydrogen) atoms. The van der Waals surface area contributed by atoms with Crippen LogP contribution in [0.2, 0.25) is 0 Å². The van der Waals surface area contributed by atoms with E-state index < -0.39 is 5.60 Å². The number of fused-ring (bicyclic) bond motifs is 6. The molecular formula is C27H21NO2. The topological polar surface area (TPSA) is 49.2 Å². The van der Waals surface area contributed by atoms with Crippen molar-refractivity contribution in [1.82, 2.24) is 4.98 Å². The van der Waals surface area contributed by atoms with Crippen molar-refractivity contribution in [2.75, 3.05) is 0 Å². The van der Waals surface area contributed by atoms with Gasteiger partial charge in [0.15, 0.2) is 0 Å². The van der Waals surface area contributed by atoms with E-state index in [0.29, 0.717) is 0 Å². The summed E-state index contributed by atoms with van der Waals surface area (Å²) in [6, 6.07) is 26.8. The predicted molar refractivity (Wildman–Crippen MR) is 124 cm³/mol. The smallest absolute Gasteiger partial charge is 0.143 e. The Morgan fingerprint density at radius 3 is 2.27 bits per heavy atom. The number of aromatic nitrogens is 1. The Hall–Kier alpha value is -3.56. The Labute approximate surface area is 173 Å². The van der Waals surface area contributed by atoms with E-state index in [1.54, 1.807) is 0 Å². The molecule has 0 aliphatic heterocycles. The summed E-state index contributed by atoms with van der Waals surface area (Å²) in [5.74, 6) is 0. The van der Waals surface area contributed by atoms with Crippen LogP contribution in [0.3, 0.4) is 0 Å². The van der Waals surface area contributed by atoms with Crippen molar-refractivity contribution in [3.8, 4) is 11.1 Å². The molecule has 0 atom stereocenters. The Balaban J connectivity index is 1.78. The normalized spacial score (nSPS) is 12.5. The minimum Gasteiger partial charge on any atom is -0.455 e. The monoisotopic (exact) mass is 391 g/mol. The third-order valence-corrected chi connectivity index (χ3v) is 5.98. The summed E-state index contributed by atoms with van der Waals surface area (Å²) >= 11 is 0. The van der Waals surface area contributed by atoms with Crippen LogP contribution in [0.1, 0.15) is 19.4 Å². The lowest BCUT2D eigenvalue weighted by Crippen LogP contribution is -2.17. The molecule has 0 saturated heterocycles. The molecule has 0 fully saturated rings. The zero-order valence-corrected chi connectivity index (χ0v) is 16.9. The minimum atomic E-state index is -1.03. The van der Waals surface area contributed by atoms with Crippen LogP contribution in [0.5, 0.6) is 0 Å². The molecule has 4 aromatic carbocycles. The van der Waals surface area contributed by atoms with Crippen LogP contribution in [-0.4, -0.2) is 10.1 Å². The average Bonchev–Trinajstić information content (AvgIpc) is 3.30. The first-order valence-corrected chi connectivity index (χ1v) is 10.2. The van der Waals surface area contributed by atoms with E-state index in [9.17, 15) is 5.11 Å². The summed E-state index contributed by atoms with van der Waals surface area (Å²) in [5.41, 5.74) is 5.67. The average molecular weight is 391 g/mol. The third kappa shape index (κ3) is 2.36. The number of benzene rings is 4. The van der Waals surface area contributed by atoms with Crippen molar-refractivity contribution in [2.24, 2.45) is 0 Å². The fourth-order valence-electron chi connectivity index (χ4n) is 4.76. The van der Waals surface area contributed by atoms with E-state index in [2.05, 4.69) is 53.5 Å². The lowest BCUT2D eigenvalue weighted by atomic mass is 9.85. The molecule has 0 amide bonds. The van der Waals surface area contributed by atoms with Crippen LogP contribution >= 0.6 is 0 Å². The summed E-state index contributed by atoms with van der Waals surface area (Å²) in [7, 11) is 0. The molecular weight excluding hydrogens is 370 g/mol. The summed E-state index contributed by atoms with van der Waals surface area (Å²) < 4.78 is 6.30. The van der Waals surface area contributed by atoms with Gasteiger partial charge in [-0.2, -0.15) is 0 Å². The number of hydrogen-bond acceptors (Lipinski definition) is 2. The second-order valence-corrected chi connectivity index (χ2v) is 8.42. The Morgan fingerprint density at radius 1 is 0.700 bits per heavy atom. The second kappa shape index (κ2) is 5.97. The van der Waals surface area contributed by atoms with Crippen molar-refractivity contribution in [1.29, 1.82) is 0 Å². The first kappa shape index (κ1) is 17.3. The fourth-order valence-corrected chi connectivity index (χ4v) is 4.76. The SMILES string of the molecule is CC(C)(O)c1c(-c2cccc3c2oc2ccccc23)ccc2[nH]c3ccccc3c12. The molecule has 3 nitrogen and oxygen atoms in total. The highest BCUT2D eigenvalue weighted by atomic mass is 16.3. The Morgan fingerprint density at radius 2 is 1.43 bits per heavy atom. The molecule has 0 unspecified atom stereocenters. The van der Waals surface area contributed by atoms with E-state index >= 15 is 0 Å². The molecule has 3 heteroatoms. The van der Waals surface area contributed by atoms with Gasteiger partial charge in [0.05, 0.1) is 5.60 Å². The van der Waals surface area contributed by atoms with Crippen molar-refractivity contribution < 1.29 is 9.52 Å². The van der Waals surface area contributed by atoms with Crippen LogP contribution in [0.4, 0.5) is 0 Å².